The molecule has 0 saturated heterocycles. The highest BCUT2D eigenvalue weighted by Crippen LogP contribution is 2.55. The molecule has 0 amide bonds. The average molecular weight is 376 g/mol. The molecular weight excluding hydrogens is 351 g/mol. The summed E-state index contributed by atoms with van der Waals surface area (Å²) in [5.41, 5.74) is 2.13. The molecule has 2 unspecified atom stereocenters. The van der Waals surface area contributed by atoms with Gasteiger partial charge in [0.2, 0.25) is 5.52 Å². The van der Waals surface area contributed by atoms with Crippen LogP contribution in [-0.4, -0.2) is 5.52 Å². The Morgan fingerprint density at radius 3 is 2.19 bits per heavy atom. The van der Waals surface area contributed by atoms with Crippen molar-refractivity contribution in [3.8, 4) is 0 Å². The Bertz CT molecular complexity index is 968. The first kappa shape index (κ1) is 19.3. The first-order chi connectivity index (χ1) is 12.8. The molecule has 2 aromatic carbocycles. The Kier molecular flexibility index (Phi) is 5.48. The Morgan fingerprint density at radius 2 is 1.59 bits per heavy atom. The number of carbonyl (C=O) groups is 1. The summed E-state index contributed by atoms with van der Waals surface area (Å²) < 4.78 is 14.1. The second kappa shape index (κ2) is 7.66. The summed E-state index contributed by atoms with van der Waals surface area (Å²) in [6, 6.07) is 18.8. The monoisotopic (exact) mass is 376 g/mol. The number of hydrogen-bond acceptors (Lipinski definition) is 2. The Balaban J connectivity index is 2.08. The molecule has 0 aliphatic heterocycles. The molecule has 1 aliphatic rings. The molecular formula is C24H25O2P. The van der Waals surface area contributed by atoms with Crippen molar-refractivity contribution in [2.45, 2.75) is 27.2 Å². The molecule has 3 heteroatoms. The van der Waals surface area contributed by atoms with Crippen molar-refractivity contribution in [3.05, 3.63) is 95.3 Å². The summed E-state index contributed by atoms with van der Waals surface area (Å²) in [7, 11) is -3.41. The van der Waals surface area contributed by atoms with Crippen molar-refractivity contribution < 1.29 is 9.36 Å². The minimum Gasteiger partial charge on any atom is -0.306 e. The van der Waals surface area contributed by atoms with Gasteiger partial charge < -0.3 is 4.57 Å². The van der Waals surface area contributed by atoms with Gasteiger partial charge in [-0.3, -0.25) is 4.79 Å². The van der Waals surface area contributed by atoms with Crippen LogP contribution in [-0.2, 0) is 9.36 Å². The lowest BCUT2D eigenvalue weighted by molar-refractivity contribution is -0.117. The van der Waals surface area contributed by atoms with E-state index >= 15 is 0 Å². The molecule has 138 valence electrons. The zero-order valence-electron chi connectivity index (χ0n) is 16.1. The minimum absolute atomic E-state index is 0.208. The van der Waals surface area contributed by atoms with E-state index in [9.17, 15) is 9.36 Å². The Morgan fingerprint density at radius 1 is 1.00 bits per heavy atom. The van der Waals surface area contributed by atoms with Crippen molar-refractivity contribution in [1.29, 1.82) is 0 Å². The molecule has 2 nitrogen and oxygen atoms in total. The lowest BCUT2D eigenvalue weighted by atomic mass is 9.79. The van der Waals surface area contributed by atoms with Gasteiger partial charge in [0.05, 0.1) is 5.41 Å². The third-order valence-corrected chi connectivity index (χ3v) is 7.62. The SMILES string of the molecule is CC1=CC(C)(C(=O)P(=O)(C=Cc2ccccc2)c2ccccc2)CC(C)=C1. The van der Waals surface area contributed by atoms with E-state index in [1.807, 2.05) is 75.4 Å². The molecule has 0 fully saturated rings. The van der Waals surface area contributed by atoms with Crippen molar-refractivity contribution >= 4 is 24.0 Å². The van der Waals surface area contributed by atoms with Crippen molar-refractivity contribution in [2.24, 2.45) is 5.41 Å². The molecule has 27 heavy (non-hydrogen) atoms. The van der Waals surface area contributed by atoms with Gasteiger partial charge in [0.15, 0.2) is 7.14 Å². The van der Waals surface area contributed by atoms with E-state index < -0.39 is 12.6 Å². The molecule has 0 saturated carbocycles. The van der Waals surface area contributed by atoms with Crippen LogP contribution in [0.3, 0.4) is 0 Å². The van der Waals surface area contributed by atoms with Gasteiger partial charge in [-0.15, -0.1) is 0 Å². The van der Waals surface area contributed by atoms with Gasteiger partial charge in [0, 0.05) is 5.30 Å². The molecule has 0 bridgehead atoms. The van der Waals surface area contributed by atoms with Crippen LogP contribution in [0.5, 0.6) is 0 Å². The van der Waals surface area contributed by atoms with Crippen LogP contribution in [0.25, 0.3) is 6.08 Å². The van der Waals surface area contributed by atoms with Gasteiger partial charge in [0.1, 0.15) is 0 Å². The number of carbonyl (C=O) groups excluding carboxylic acids is 1. The molecule has 0 N–H and O–H groups in total. The van der Waals surface area contributed by atoms with Crippen LogP contribution in [0, 0.1) is 5.41 Å². The molecule has 0 radical (unpaired) electrons. The van der Waals surface area contributed by atoms with Crippen molar-refractivity contribution in [2.75, 3.05) is 0 Å². The summed E-state index contributed by atoms with van der Waals surface area (Å²) in [4.78, 5) is 13.7. The van der Waals surface area contributed by atoms with Gasteiger partial charge in [-0.25, -0.2) is 0 Å². The fraction of sp³-hybridized carbons (Fsp3) is 0.208. The van der Waals surface area contributed by atoms with E-state index in [0.29, 0.717) is 11.7 Å². The molecule has 3 rings (SSSR count). The predicted octanol–water partition coefficient (Wildman–Crippen LogP) is 6.18. The first-order valence-corrected chi connectivity index (χ1v) is 10.9. The van der Waals surface area contributed by atoms with E-state index in [1.165, 1.54) is 0 Å². The number of benzene rings is 2. The molecule has 2 atom stereocenters. The Labute approximate surface area is 161 Å². The van der Waals surface area contributed by atoms with E-state index in [0.717, 1.165) is 16.7 Å². The van der Waals surface area contributed by atoms with E-state index in [-0.39, 0.29) is 5.52 Å². The van der Waals surface area contributed by atoms with E-state index in [1.54, 1.807) is 24.0 Å². The normalized spacial score (nSPS) is 22.0. The summed E-state index contributed by atoms with van der Waals surface area (Å²) in [6.45, 7) is 5.91. The smallest absolute Gasteiger partial charge is 0.209 e. The summed E-state index contributed by atoms with van der Waals surface area (Å²) in [5.74, 6) is 1.63. The van der Waals surface area contributed by atoms with Crippen LogP contribution in [0.15, 0.2) is 89.8 Å². The Hall–Kier alpha value is -2.44. The van der Waals surface area contributed by atoms with E-state index in [4.69, 9.17) is 0 Å². The summed E-state index contributed by atoms with van der Waals surface area (Å²) in [5, 5.41) is 0.585. The van der Waals surface area contributed by atoms with Gasteiger partial charge in [-0.05, 0) is 38.6 Å². The highest BCUT2D eigenvalue weighted by molar-refractivity contribution is 7.89. The molecule has 2 aromatic rings. The highest BCUT2D eigenvalue weighted by atomic mass is 31.2. The molecule has 1 aliphatic carbocycles. The molecule has 0 aromatic heterocycles. The maximum atomic E-state index is 14.1. The fourth-order valence-electron chi connectivity index (χ4n) is 3.81. The van der Waals surface area contributed by atoms with Gasteiger partial charge in [-0.1, -0.05) is 90.0 Å². The average Bonchev–Trinajstić information content (AvgIpc) is 2.66. The van der Waals surface area contributed by atoms with Crippen LogP contribution in [0.2, 0.25) is 0 Å². The number of hydrogen-bond donors (Lipinski definition) is 0. The standard InChI is InChI=1S/C24H25O2P/c1-19-16-20(2)18-24(3,17-19)23(25)27(26,22-12-8-5-9-13-22)15-14-21-10-6-4-7-11-21/h4-17H,18H2,1-3H3. The second-order valence-corrected chi connectivity index (χ2v) is 10.0. The van der Waals surface area contributed by atoms with Crippen molar-refractivity contribution in [3.63, 3.8) is 0 Å². The zero-order valence-corrected chi connectivity index (χ0v) is 16.9. The van der Waals surface area contributed by atoms with E-state index in [2.05, 4.69) is 6.08 Å². The van der Waals surface area contributed by atoms with Crippen LogP contribution >= 0.6 is 7.14 Å². The van der Waals surface area contributed by atoms with Gasteiger partial charge >= 0.3 is 0 Å². The lowest BCUT2D eigenvalue weighted by Crippen LogP contribution is -2.30. The first-order valence-electron chi connectivity index (χ1n) is 9.15. The zero-order chi connectivity index (χ0) is 19.5. The summed E-state index contributed by atoms with van der Waals surface area (Å²) >= 11 is 0. The van der Waals surface area contributed by atoms with Crippen LogP contribution in [0.1, 0.15) is 32.8 Å². The third kappa shape index (κ3) is 4.12. The topological polar surface area (TPSA) is 34.1 Å². The second-order valence-electron chi connectivity index (χ2n) is 7.50. The maximum absolute atomic E-state index is 14.1. The fourth-order valence-corrected chi connectivity index (χ4v) is 6.25. The predicted molar refractivity (Wildman–Crippen MR) is 114 cm³/mol. The highest BCUT2D eigenvalue weighted by Gasteiger charge is 2.44. The third-order valence-electron chi connectivity index (χ3n) is 4.87. The van der Waals surface area contributed by atoms with Crippen molar-refractivity contribution in [1.82, 2.24) is 0 Å². The number of rotatable bonds is 5. The summed E-state index contributed by atoms with van der Waals surface area (Å²) in [6.07, 6.45) is 6.45. The minimum atomic E-state index is -3.41. The van der Waals surface area contributed by atoms with Gasteiger partial charge in [-0.2, -0.15) is 0 Å². The molecule has 0 heterocycles. The maximum Gasteiger partial charge on any atom is 0.209 e. The van der Waals surface area contributed by atoms with Crippen LogP contribution < -0.4 is 5.30 Å². The lowest BCUT2D eigenvalue weighted by Gasteiger charge is -2.31. The molecule has 0 spiro atoms. The quantitative estimate of drug-likeness (QED) is 0.584. The number of allylic oxidation sites excluding steroid dienone is 4. The van der Waals surface area contributed by atoms with Crippen LogP contribution in [0.4, 0.5) is 0 Å². The van der Waals surface area contributed by atoms with Gasteiger partial charge in [0.25, 0.3) is 0 Å². The largest absolute Gasteiger partial charge is 0.306 e.